The van der Waals surface area contributed by atoms with Gasteiger partial charge in [-0.3, -0.25) is 19.7 Å². The number of esters is 2. The van der Waals surface area contributed by atoms with Crippen molar-refractivity contribution in [3.63, 3.8) is 0 Å². The lowest BCUT2D eigenvalue weighted by atomic mass is 9.88. The molecule has 0 saturated heterocycles. The number of carbonyl (C=O) groups is 3. The molecule has 0 bridgehead atoms. The number of nitrogens with one attached hydrogen (secondary N) is 1. The van der Waals surface area contributed by atoms with Crippen LogP contribution in [0.3, 0.4) is 0 Å². The maximum atomic E-state index is 13.0. The van der Waals surface area contributed by atoms with Crippen LogP contribution in [0, 0.1) is 10.1 Å². The zero-order valence-corrected chi connectivity index (χ0v) is 17.8. The number of hydrogen-bond acceptors (Lipinski definition) is 8. The number of ether oxygens (including phenoxy) is 3. The molecule has 0 unspecified atom stereocenters. The fraction of sp³-hybridized carbons (Fsp3) is 0.318. The van der Waals surface area contributed by atoms with E-state index >= 15 is 0 Å². The Kier molecular flexibility index (Phi) is 8.84. The molecule has 0 aromatic heterocycles. The average Bonchev–Trinajstić information content (AvgIpc) is 2.81. The Bertz CT molecular complexity index is 946. The van der Waals surface area contributed by atoms with Gasteiger partial charge in [0.25, 0.3) is 11.6 Å². The normalized spacial score (nSPS) is 13.3. The minimum absolute atomic E-state index is 0.159. The smallest absolute Gasteiger partial charge is 0.329 e. The first-order valence-electron chi connectivity index (χ1n) is 9.59. The van der Waals surface area contributed by atoms with E-state index in [2.05, 4.69) is 5.32 Å². The van der Waals surface area contributed by atoms with Crippen molar-refractivity contribution in [2.75, 3.05) is 21.3 Å². The maximum Gasteiger partial charge on any atom is 0.329 e. The third-order valence-electron chi connectivity index (χ3n) is 4.88. The summed E-state index contributed by atoms with van der Waals surface area (Å²) < 4.78 is 14.9. The van der Waals surface area contributed by atoms with Gasteiger partial charge < -0.3 is 19.5 Å². The molecule has 2 aromatic carbocycles. The van der Waals surface area contributed by atoms with E-state index in [0.717, 1.165) is 7.11 Å². The van der Waals surface area contributed by atoms with Crippen molar-refractivity contribution in [3.8, 4) is 0 Å². The summed E-state index contributed by atoms with van der Waals surface area (Å²) in [6, 6.07) is 12.7. The van der Waals surface area contributed by atoms with Gasteiger partial charge in [0.05, 0.1) is 25.6 Å². The predicted molar refractivity (Wildman–Crippen MR) is 113 cm³/mol. The summed E-state index contributed by atoms with van der Waals surface area (Å²) in [6.45, 7) is 0. The summed E-state index contributed by atoms with van der Waals surface area (Å²) in [7, 11) is 3.70. The molecule has 32 heavy (non-hydrogen) atoms. The summed E-state index contributed by atoms with van der Waals surface area (Å²) >= 11 is 0. The van der Waals surface area contributed by atoms with E-state index < -0.39 is 40.8 Å². The van der Waals surface area contributed by atoms with Gasteiger partial charge in [0.2, 0.25) is 0 Å². The van der Waals surface area contributed by atoms with Crippen molar-refractivity contribution in [1.29, 1.82) is 0 Å². The maximum absolute atomic E-state index is 13.0. The summed E-state index contributed by atoms with van der Waals surface area (Å²) in [5.41, 5.74) is 0.814. The van der Waals surface area contributed by atoms with Gasteiger partial charge in [0.1, 0.15) is 6.04 Å². The molecule has 10 nitrogen and oxygen atoms in total. The van der Waals surface area contributed by atoms with Crippen LogP contribution in [0.5, 0.6) is 0 Å². The van der Waals surface area contributed by atoms with Crippen molar-refractivity contribution in [3.05, 3.63) is 75.8 Å². The first kappa shape index (κ1) is 24.5. The van der Waals surface area contributed by atoms with E-state index in [4.69, 9.17) is 14.2 Å². The number of benzene rings is 2. The summed E-state index contributed by atoms with van der Waals surface area (Å²) in [6.07, 6.45) is -1.30. The zero-order chi connectivity index (χ0) is 23.7. The highest BCUT2D eigenvalue weighted by molar-refractivity contribution is 5.89. The van der Waals surface area contributed by atoms with Gasteiger partial charge in [-0.25, -0.2) is 4.79 Å². The van der Waals surface area contributed by atoms with E-state index in [1.165, 1.54) is 38.5 Å². The topological polar surface area (TPSA) is 134 Å². The molecule has 0 aliphatic heterocycles. The molecule has 2 rings (SSSR count). The van der Waals surface area contributed by atoms with Crippen LogP contribution < -0.4 is 5.32 Å². The summed E-state index contributed by atoms with van der Waals surface area (Å²) in [5, 5.41) is 13.6. The first-order chi connectivity index (χ1) is 15.3. The Balaban J connectivity index is 2.41. The van der Waals surface area contributed by atoms with Crippen LogP contribution >= 0.6 is 0 Å². The quantitative estimate of drug-likeness (QED) is 0.335. The Labute approximate surface area is 184 Å². The molecular weight excluding hydrogens is 420 g/mol. The van der Waals surface area contributed by atoms with Crippen LogP contribution in [-0.2, 0) is 28.6 Å². The lowest BCUT2D eigenvalue weighted by molar-refractivity contribution is -0.384. The van der Waals surface area contributed by atoms with Crippen LogP contribution in [0.1, 0.15) is 29.6 Å². The number of amides is 1. The van der Waals surface area contributed by atoms with Gasteiger partial charge in [-0.2, -0.15) is 0 Å². The monoisotopic (exact) mass is 444 g/mol. The Morgan fingerprint density at radius 2 is 1.56 bits per heavy atom. The van der Waals surface area contributed by atoms with Crippen molar-refractivity contribution in [2.45, 2.75) is 24.5 Å². The SMILES string of the molecule is COC(=O)C[C@@H](c1ccc([N+](=O)[O-])cc1)[C@@H](NC(=O)[C@H](OC)c1ccccc1)C(=O)OC. The molecule has 0 spiro atoms. The Morgan fingerprint density at radius 1 is 0.938 bits per heavy atom. The Hall–Kier alpha value is -3.79. The number of carbonyl (C=O) groups excluding carboxylic acids is 3. The third kappa shape index (κ3) is 6.11. The molecule has 170 valence electrons. The van der Waals surface area contributed by atoms with E-state index in [1.54, 1.807) is 30.3 Å². The molecule has 1 N–H and O–H groups in total. The van der Waals surface area contributed by atoms with E-state index in [-0.39, 0.29) is 12.1 Å². The van der Waals surface area contributed by atoms with E-state index in [1.807, 2.05) is 0 Å². The van der Waals surface area contributed by atoms with Gasteiger partial charge in [-0.1, -0.05) is 42.5 Å². The standard InChI is InChI=1S/C22H24N2O8/c1-30-18(25)13-17(14-9-11-16(12-10-14)24(28)29)19(22(27)32-3)23-21(26)20(31-2)15-7-5-4-6-8-15/h4-12,17,19-20H,13H2,1-3H3,(H,23,26)/t17-,19+,20+/m0/s1. The highest BCUT2D eigenvalue weighted by atomic mass is 16.6. The van der Waals surface area contributed by atoms with Crippen molar-refractivity contribution < 1.29 is 33.5 Å². The van der Waals surface area contributed by atoms with Crippen LogP contribution in [0.4, 0.5) is 5.69 Å². The molecule has 0 radical (unpaired) electrons. The fourth-order valence-corrected chi connectivity index (χ4v) is 3.24. The van der Waals surface area contributed by atoms with Gasteiger partial charge >= 0.3 is 11.9 Å². The number of nitro groups is 1. The van der Waals surface area contributed by atoms with Gasteiger partial charge in [-0.05, 0) is 11.1 Å². The number of hydrogen-bond donors (Lipinski definition) is 1. The third-order valence-corrected chi connectivity index (χ3v) is 4.88. The van der Waals surface area contributed by atoms with Crippen LogP contribution in [0.15, 0.2) is 54.6 Å². The first-order valence-corrected chi connectivity index (χ1v) is 9.59. The molecule has 0 aliphatic rings. The number of nitrogens with zero attached hydrogens (tertiary/aromatic N) is 1. The molecule has 0 heterocycles. The second-order valence-electron chi connectivity index (χ2n) is 6.77. The van der Waals surface area contributed by atoms with Crippen LogP contribution in [0.25, 0.3) is 0 Å². The summed E-state index contributed by atoms with van der Waals surface area (Å²) in [4.78, 5) is 48.1. The molecule has 0 fully saturated rings. The molecular formula is C22H24N2O8. The van der Waals surface area contributed by atoms with Gasteiger partial charge in [0, 0.05) is 25.2 Å². The Morgan fingerprint density at radius 3 is 2.06 bits per heavy atom. The van der Waals surface area contributed by atoms with E-state index in [0.29, 0.717) is 11.1 Å². The largest absolute Gasteiger partial charge is 0.469 e. The molecule has 0 saturated carbocycles. The number of rotatable bonds is 10. The summed E-state index contributed by atoms with van der Waals surface area (Å²) in [5.74, 6) is -2.96. The minimum atomic E-state index is -1.28. The molecule has 3 atom stereocenters. The molecule has 1 amide bonds. The van der Waals surface area contributed by atoms with Crippen molar-refractivity contribution in [2.24, 2.45) is 0 Å². The number of nitro benzene ring substituents is 1. The van der Waals surface area contributed by atoms with Crippen LogP contribution in [-0.4, -0.2) is 50.1 Å². The van der Waals surface area contributed by atoms with Crippen molar-refractivity contribution in [1.82, 2.24) is 5.32 Å². The van der Waals surface area contributed by atoms with Crippen molar-refractivity contribution >= 4 is 23.5 Å². The van der Waals surface area contributed by atoms with E-state index in [9.17, 15) is 24.5 Å². The molecule has 10 heteroatoms. The van der Waals surface area contributed by atoms with Gasteiger partial charge in [0.15, 0.2) is 6.10 Å². The second kappa shape index (κ2) is 11.6. The lowest BCUT2D eigenvalue weighted by Gasteiger charge is -2.27. The zero-order valence-electron chi connectivity index (χ0n) is 17.8. The fourth-order valence-electron chi connectivity index (χ4n) is 3.24. The highest BCUT2D eigenvalue weighted by Crippen LogP contribution is 2.28. The average molecular weight is 444 g/mol. The molecule has 2 aromatic rings. The molecule has 0 aliphatic carbocycles. The minimum Gasteiger partial charge on any atom is -0.469 e. The number of non-ortho nitro benzene ring substituents is 1. The lowest BCUT2D eigenvalue weighted by Crippen LogP contribution is -2.48. The highest BCUT2D eigenvalue weighted by Gasteiger charge is 2.36. The van der Waals surface area contributed by atoms with Gasteiger partial charge in [-0.15, -0.1) is 0 Å². The van der Waals surface area contributed by atoms with Crippen LogP contribution in [0.2, 0.25) is 0 Å². The predicted octanol–water partition coefficient (Wildman–Crippen LogP) is 2.29. The second-order valence-corrected chi connectivity index (χ2v) is 6.77. The number of methoxy groups -OCH3 is 3.